The largest absolute Gasteiger partial charge is 0.491 e. The molecule has 0 heterocycles. The van der Waals surface area contributed by atoms with Gasteiger partial charge in [-0.2, -0.15) is 0 Å². The maximum absolute atomic E-state index is 13.7. The molecule has 1 saturated carbocycles. The number of carbonyl (C=O) groups is 1. The molecule has 0 atom stereocenters. The number of hydrogen-bond donors (Lipinski definition) is 3. The summed E-state index contributed by atoms with van der Waals surface area (Å²) in [5, 5.41) is 20.5. The standard InChI is InChI=1S/C11H13BFNO3/c13-10-8(2-1-3-9(10)12(16)17)11(15)14-6-7-4-5-7/h1-3,7,16-17H,4-6H2,(H,14,15). The Labute approximate surface area is 98.6 Å². The molecule has 1 amide bonds. The van der Waals surface area contributed by atoms with Crippen LogP contribution in [0.2, 0.25) is 0 Å². The van der Waals surface area contributed by atoms with Crippen LogP contribution in [-0.4, -0.2) is 29.6 Å². The minimum Gasteiger partial charge on any atom is -0.423 e. The average molecular weight is 237 g/mol. The van der Waals surface area contributed by atoms with Gasteiger partial charge in [0.2, 0.25) is 0 Å². The normalized spacial score (nSPS) is 14.5. The molecule has 1 aliphatic rings. The maximum atomic E-state index is 13.7. The van der Waals surface area contributed by atoms with Gasteiger partial charge in [-0.15, -0.1) is 0 Å². The minimum absolute atomic E-state index is 0.156. The van der Waals surface area contributed by atoms with Crippen molar-refractivity contribution in [2.75, 3.05) is 6.54 Å². The van der Waals surface area contributed by atoms with Gasteiger partial charge in [-0.25, -0.2) is 4.39 Å². The number of rotatable bonds is 4. The smallest absolute Gasteiger partial charge is 0.423 e. The highest BCUT2D eigenvalue weighted by molar-refractivity contribution is 6.58. The van der Waals surface area contributed by atoms with Crippen LogP contribution >= 0.6 is 0 Å². The van der Waals surface area contributed by atoms with E-state index in [1.807, 2.05) is 0 Å². The first-order valence-electron chi connectivity index (χ1n) is 5.52. The van der Waals surface area contributed by atoms with Crippen molar-refractivity contribution in [2.45, 2.75) is 12.8 Å². The molecular formula is C11H13BFNO3. The molecule has 3 N–H and O–H groups in total. The molecule has 0 saturated heterocycles. The molecule has 0 unspecified atom stereocenters. The van der Waals surface area contributed by atoms with Crippen LogP contribution in [0, 0.1) is 11.7 Å². The number of nitrogens with one attached hydrogen (secondary N) is 1. The Morgan fingerprint density at radius 2 is 2.18 bits per heavy atom. The summed E-state index contributed by atoms with van der Waals surface area (Å²) in [6, 6.07) is 3.98. The quantitative estimate of drug-likeness (QED) is 0.626. The molecule has 1 aromatic carbocycles. The van der Waals surface area contributed by atoms with E-state index in [-0.39, 0.29) is 11.0 Å². The molecule has 1 aromatic rings. The lowest BCUT2D eigenvalue weighted by atomic mass is 9.79. The van der Waals surface area contributed by atoms with E-state index in [1.165, 1.54) is 18.2 Å². The fourth-order valence-electron chi connectivity index (χ4n) is 1.58. The summed E-state index contributed by atoms with van der Waals surface area (Å²) in [6.07, 6.45) is 2.19. The zero-order valence-corrected chi connectivity index (χ0v) is 9.19. The third-order valence-corrected chi connectivity index (χ3v) is 2.80. The van der Waals surface area contributed by atoms with Crippen molar-refractivity contribution in [3.05, 3.63) is 29.6 Å². The molecule has 17 heavy (non-hydrogen) atoms. The number of carbonyl (C=O) groups excluding carboxylic acids is 1. The van der Waals surface area contributed by atoms with E-state index in [0.29, 0.717) is 12.5 Å². The second kappa shape index (κ2) is 4.85. The van der Waals surface area contributed by atoms with E-state index >= 15 is 0 Å². The van der Waals surface area contributed by atoms with E-state index in [4.69, 9.17) is 10.0 Å². The summed E-state index contributed by atoms with van der Waals surface area (Å²) in [6.45, 7) is 0.546. The fraction of sp³-hybridized carbons (Fsp3) is 0.364. The van der Waals surface area contributed by atoms with Crippen LogP contribution in [0.5, 0.6) is 0 Å². The van der Waals surface area contributed by atoms with Gasteiger partial charge in [0.25, 0.3) is 5.91 Å². The Balaban J connectivity index is 2.13. The van der Waals surface area contributed by atoms with Crippen LogP contribution in [0.15, 0.2) is 18.2 Å². The SMILES string of the molecule is O=C(NCC1CC1)c1cccc(B(O)O)c1F. The van der Waals surface area contributed by atoms with Crippen LogP contribution in [0.3, 0.4) is 0 Å². The van der Waals surface area contributed by atoms with Gasteiger partial charge in [0.05, 0.1) is 5.56 Å². The van der Waals surface area contributed by atoms with Crippen LogP contribution < -0.4 is 10.8 Å². The van der Waals surface area contributed by atoms with E-state index < -0.39 is 18.8 Å². The summed E-state index contributed by atoms with van der Waals surface area (Å²) in [7, 11) is -1.91. The Morgan fingerprint density at radius 3 is 2.76 bits per heavy atom. The van der Waals surface area contributed by atoms with E-state index in [2.05, 4.69) is 5.32 Å². The molecule has 4 nitrogen and oxygen atoms in total. The summed E-state index contributed by atoms with van der Waals surface area (Å²) in [5.74, 6) is -0.888. The first-order chi connectivity index (χ1) is 8.09. The predicted octanol–water partition coefficient (Wildman–Crippen LogP) is -0.355. The summed E-state index contributed by atoms with van der Waals surface area (Å²) >= 11 is 0. The number of hydrogen-bond acceptors (Lipinski definition) is 3. The predicted molar refractivity (Wildman–Crippen MR) is 61.3 cm³/mol. The van der Waals surface area contributed by atoms with Crippen LogP contribution in [-0.2, 0) is 0 Å². The molecule has 0 aliphatic heterocycles. The van der Waals surface area contributed by atoms with Crippen molar-refractivity contribution >= 4 is 18.5 Å². The highest BCUT2D eigenvalue weighted by Gasteiger charge is 2.24. The summed E-state index contributed by atoms with van der Waals surface area (Å²) in [5.41, 5.74) is -0.444. The lowest BCUT2D eigenvalue weighted by molar-refractivity contribution is 0.0948. The second-order valence-corrected chi connectivity index (χ2v) is 4.24. The highest BCUT2D eigenvalue weighted by atomic mass is 19.1. The lowest BCUT2D eigenvalue weighted by Gasteiger charge is -2.08. The molecule has 0 spiro atoms. The average Bonchev–Trinajstić information content (AvgIpc) is 3.09. The zero-order chi connectivity index (χ0) is 12.4. The zero-order valence-electron chi connectivity index (χ0n) is 9.19. The molecule has 90 valence electrons. The minimum atomic E-state index is -1.91. The molecule has 2 rings (SSSR count). The van der Waals surface area contributed by atoms with Crippen molar-refractivity contribution in [3.63, 3.8) is 0 Å². The molecule has 0 aromatic heterocycles. The van der Waals surface area contributed by atoms with Crippen molar-refractivity contribution in [1.29, 1.82) is 0 Å². The first-order valence-corrected chi connectivity index (χ1v) is 5.52. The monoisotopic (exact) mass is 237 g/mol. The summed E-state index contributed by atoms with van der Waals surface area (Å²) in [4.78, 5) is 11.7. The van der Waals surface area contributed by atoms with Gasteiger partial charge >= 0.3 is 7.12 Å². The molecule has 6 heteroatoms. The van der Waals surface area contributed by atoms with Gasteiger partial charge in [-0.3, -0.25) is 4.79 Å². The van der Waals surface area contributed by atoms with E-state index in [1.54, 1.807) is 0 Å². The van der Waals surface area contributed by atoms with Gasteiger partial charge in [0, 0.05) is 12.0 Å². The first kappa shape index (κ1) is 12.1. The van der Waals surface area contributed by atoms with E-state index in [0.717, 1.165) is 12.8 Å². The van der Waals surface area contributed by atoms with Gasteiger partial charge in [0.15, 0.2) is 0 Å². The molecule has 1 aliphatic carbocycles. The maximum Gasteiger partial charge on any atom is 0.491 e. The lowest BCUT2D eigenvalue weighted by Crippen LogP contribution is -2.35. The molecule has 1 fully saturated rings. The topological polar surface area (TPSA) is 69.6 Å². The van der Waals surface area contributed by atoms with Gasteiger partial charge in [0.1, 0.15) is 5.82 Å². The fourth-order valence-corrected chi connectivity index (χ4v) is 1.58. The van der Waals surface area contributed by atoms with Crippen LogP contribution in [0.1, 0.15) is 23.2 Å². The molecule has 0 radical (unpaired) electrons. The second-order valence-electron chi connectivity index (χ2n) is 4.24. The van der Waals surface area contributed by atoms with Crippen molar-refractivity contribution in [2.24, 2.45) is 5.92 Å². The van der Waals surface area contributed by atoms with Gasteiger partial charge in [-0.1, -0.05) is 12.1 Å². The number of halogens is 1. The highest BCUT2D eigenvalue weighted by Crippen LogP contribution is 2.27. The molecule has 0 bridgehead atoms. The van der Waals surface area contributed by atoms with Crippen molar-refractivity contribution in [3.8, 4) is 0 Å². The van der Waals surface area contributed by atoms with Crippen molar-refractivity contribution in [1.82, 2.24) is 5.32 Å². The third kappa shape index (κ3) is 2.84. The number of benzene rings is 1. The Morgan fingerprint density at radius 1 is 1.47 bits per heavy atom. The Bertz CT molecular complexity index is 435. The van der Waals surface area contributed by atoms with Gasteiger partial charge in [-0.05, 0) is 24.8 Å². The van der Waals surface area contributed by atoms with Gasteiger partial charge < -0.3 is 15.4 Å². The molecular weight excluding hydrogens is 224 g/mol. The van der Waals surface area contributed by atoms with Crippen molar-refractivity contribution < 1.29 is 19.2 Å². The summed E-state index contributed by atoms with van der Waals surface area (Å²) < 4.78 is 13.7. The van der Waals surface area contributed by atoms with Crippen LogP contribution in [0.4, 0.5) is 4.39 Å². The van der Waals surface area contributed by atoms with Crippen LogP contribution in [0.25, 0.3) is 0 Å². The third-order valence-electron chi connectivity index (χ3n) is 2.80. The van der Waals surface area contributed by atoms with E-state index in [9.17, 15) is 9.18 Å². The number of amides is 1. The Kier molecular flexibility index (Phi) is 3.45. The Hall–Kier alpha value is -1.40.